The van der Waals surface area contributed by atoms with Crippen LogP contribution in [0.5, 0.6) is 0 Å². The van der Waals surface area contributed by atoms with Crippen molar-refractivity contribution < 1.29 is 9.90 Å². The lowest BCUT2D eigenvalue weighted by Gasteiger charge is -2.25. The first-order chi connectivity index (χ1) is 5.22. The Labute approximate surface area is 65.8 Å². The molecule has 4 heteroatoms. The van der Waals surface area contributed by atoms with E-state index in [4.69, 9.17) is 5.73 Å². The maximum Gasteiger partial charge on any atom is 0.246 e. The molecular weight excluding hydrogens is 144 g/mol. The number of aliphatic hydroxyl groups excluding tert-OH is 1. The zero-order chi connectivity index (χ0) is 8.27. The SMILES string of the molecule is NC(=O)[C@@H](O)[C@H]1CCCNC1. The highest BCUT2D eigenvalue weighted by Crippen LogP contribution is 2.13. The topological polar surface area (TPSA) is 75.4 Å². The highest BCUT2D eigenvalue weighted by molar-refractivity contribution is 5.78. The molecule has 1 aliphatic rings. The summed E-state index contributed by atoms with van der Waals surface area (Å²) >= 11 is 0. The summed E-state index contributed by atoms with van der Waals surface area (Å²) in [5.74, 6) is -0.597. The van der Waals surface area contributed by atoms with Crippen LogP contribution in [0, 0.1) is 5.92 Å². The smallest absolute Gasteiger partial charge is 0.246 e. The van der Waals surface area contributed by atoms with Gasteiger partial charge in [0.05, 0.1) is 0 Å². The fraction of sp³-hybridized carbons (Fsp3) is 0.857. The van der Waals surface area contributed by atoms with Gasteiger partial charge in [0.15, 0.2) is 0 Å². The molecule has 64 valence electrons. The molecule has 0 unspecified atom stereocenters. The van der Waals surface area contributed by atoms with Crippen LogP contribution in [0.4, 0.5) is 0 Å². The van der Waals surface area contributed by atoms with Crippen molar-refractivity contribution in [3.63, 3.8) is 0 Å². The number of carbonyl (C=O) groups excluding carboxylic acids is 1. The summed E-state index contributed by atoms with van der Waals surface area (Å²) in [7, 11) is 0. The number of piperidine rings is 1. The summed E-state index contributed by atoms with van der Waals surface area (Å²) in [5, 5.41) is 12.3. The lowest BCUT2D eigenvalue weighted by atomic mass is 9.93. The van der Waals surface area contributed by atoms with Crippen molar-refractivity contribution in [3.05, 3.63) is 0 Å². The van der Waals surface area contributed by atoms with Crippen molar-refractivity contribution in [1.29, 1.82) is 0 Å². The molecule has 1 amide bonds. The van der Waals surface area contributed by atoms with Crippen LogP contribution in [0.3, 0.4) is 0 Å². The van der Waals surface area contributed by atoms with Gasteiger partial charge in [0.25, 0.3) is 0 Å². The minimum Gasteiger partial charge on any atom is -0.383 e. The number of aliphatic hydroxyl groups is 1. The Bertz CT molecular complexity index is 143. The molecular formula is C7H14N2O2. The molecule has 0 saturated carbocycles. The van der Waals surface area contributed by atoms with Crippen LogP contribution < -0.4 is 11.1 Å². The van der Waals surface area contributed by atoms with E-state index < -0.39 is 12.0 Å². The minimum atomic E-state index is -0.970. The Balaban J connectivity index is 2.38. The summed E-state index contributed by atoms with van der Waals surface area (Å²) in [4.78, 5) is 10.5. The number of nitrogens with two attached hydrogens (primary N) is 1. The second-order valence-electron chi connectivity index (χ2n) is 2.95. The lowest BCUT2D eigenvalue weighted by molar-refractivity contribution is -0.129. The second-order valence-corrected chi connectivity index (χ2v) is 2.95. The van der Waals surface area contributed by atoms with Crippen LogP contribution in [0.25, 0.3) is 0 Å². The van der Waals surface area contributed by atoms with Gasteiger partial charge in [-0.2, -0.15) is 0 Å². The van der Waals surface area contributed by atoms with Crippen LogP contribution >= 0.6 is 0 Å². The molecule has 1 fully saturated rings. The van der Waals surface area contributed by atoms with E-state index in [0.717, 1.165) is 19.4 Å². The molecule has 0 radical (unpaired) electrons. The maximum absolute atomic E-state index is 10.5. The zero-order valence-electron chi connectivity index (χ0n) is 6.42. The van der Waals surface area contributed by atoms with E-state index in [9.17, 15) is 9.90 Å². The monoisotopic (exact) mass is 158 g/mol. The maximum atomic E-state index is 10.5. The largest absolute Gasteiger partial charge is 0.383 e. The van der Waals surface area contributed by atoms with Crippen molar-refractivity contribution in [2.75, 3.05) is 13.1 Å². The minimum absolute atomic E-state index is 0.0150. The van der Waals surface area contributed by atoms with Gasteiger partial charge >= 0.3 is 0 Å². The highest BCUT2D eigenvalue weighted by Gasteiger charge is 2.25. The van der Waals surface area contributed by atoms with Gasteiger partial charge in [-0.15, -0.1) is 0 Å². The summed E-state index contributed by atoms with van der Waals surface area (Å²) < 4.78 is 0. The summed E-state index contributed by atoms with van der Waals surface area (Å²) in [6.45, 7) is 1.67. The van der Waals surface area contributed by atoms with E-state index in [2.05, 4.69) is 5.32 Å². The fourth-order valence-electron chi connectivity index (χ4n) is 1.38. The average molecular weight is 158 g/mol. The van der Waals surface area contributed by atoms with E-state index >= 15 is 0 Å². The zero-order valence-corrected chi connectivity index (χ0v) is 6.42. The normalized spacial score (nSPS) is 27.9. The predicted molar refractivity (Wildman–Crippen MR) is 40.8 cm³/mol. The van der Waals surface area contributed by atoms with Gasteiger partial charge < -0.3 is 16.2 Å². The van der Waals surface area contributed by atoms with Crippen LogP contribution in [-0.2, 0) is 4.79 Å². The Morgan fingerprint density at radius 3 is 2.91 bits per heavy atom. The average Bonchev–Trinajstić information content (AvgIpc) is 2.05. The van der Waals surface area contributed by atoms with E-state index in [1.165, 1.54) is 0 Å². The lowest BCUT2D eigenvalue weighted by Crippen LogP contribution is -2.43. The van der Waals surface area contributed by atoms with Crippen LogP contribution in [0.15, 0.2) is 0 Å². The summed E-state index contributed by atoms with van der Waals surface area (Å²) in [5.41, 5.74) is 4.95. The number of primary amides is 1. The van der Waals surface area contributed by atoms with Gasteiger partial charge in [-0.1, -0.05) is 0 Å². The molecule has 11 heavy (non-hydrogen) atoms. The van der Waals surface area contributed by atoms with E-state index in [1.807, 2.05) is 0 Å². The summed E-state index contributed by atoms with van der Waals surface area (Å²) in [6, 6.07) is 0. The Morgan fingerprint density at radius 2 is 2.45 bits per heavy atom. The Hall–Kier alpha value is -0.610. The second kappa shape index (κ2) is 3.69. The molecule has 0 aliphatic carbocycles. The molecule has 1 saturated heterocycles. The van der Waals surface area contributed by atoms with E-state index in [-0.39, 0.29) is 5.92 Å². The Kier molecular flexibility index (Phi) is 2.84. The first-order valence-corrected chi connectivity index (χ1v) is 3.90. The quantitative estimate of drug-likeness (QED) is 0.474. The summed E-state index contributed by atoms with van der Waals surface area (Å²) in [6.07, 6.45) is 0.925. The number of nitrogens with one attached hydrogen (secondary N) is 1. The van der Waals surface area contributed by atoms with Gasteiger partial charge in [0.1, 0.15) is 6.10 Å². The molecule has 4 N–H and O–H groups in total. The molecule has 0 aromatic rings. The van der Waals surface area contributed by atoms with Crippen LogP contribution in [0.1, 0.15) is 12.8 Å². The molecule has 0 aromatic carbocycles. The third-order valence-electron chi connectivity index (χ3n) is 2.07. The standard InChI is InChI=1S/C7H14N2O2/c8-7(11)6(10)5-2-1-3-9-4-5/h5-6,9-10H,1-4H2,(H2,8,11)/t5-,6-/m0/s1. The van der Waals surface area contributed by atoms with Crippen molar-refractivity contribution >= 4 is 5.91 Å². The highest BCUT2D eigenvalue weighted by atomic mass is 16.3. The number of hydrogen-bond donors (Lipinski definition) is 3. The van der Waals surface area contributed by atoms with Gasteiger partial charge in [0.2, 0.25) is 5.91 Å². The molecule has 2 atom stereocenters. The van der Waals surface area contributed by atoms with Gasteiger partial charge in [0, 0.05) is 12.5 Å². The number of carbonyl (C=O) groups is 1. The number of amides is 1. The predicted octanol–water partition coefficient (Wildman–Crippen LogP) is -1.17. The molecule has 1 aliphatic heterocycles. The number of rotatable bonds is 2. The molecule has 0 bridgehead atoms. The first-order valence-electron chi connectivity index (χ1n) is 3.90. The molecule has 0 aromatic heterocycles. The van der Waals surface area contributed by atoms with Crippen molar-refractivity contribution in [2.24, 2.45) is 11.7 Å². The molecule has 1 rings (SSSR count). The van der Waals surface area contributed by atoms with Crippen molar-refractivity contribution in [2.45, 2.75) is 18.9 Å². The van der Waals surface area contributed by atoms with Crippen molar-refractivity contribution in [1.82, 2.24) is 5.32 Å². The fourth-order valence-corrected chi connectivity index (χ4v) is 1.38. The molecule has 0 spiro atoms. The van der Waals surface area contributed by atoms with Crippen LogP contribution in [-0.4, -0.2) is 30.2 Å². The van der Waals surface area contributed by atoms with Crippen molar-refractivity contribution in [3.8, 4) is 0 Å². The van der Waals surface area contributed by atoms with Gasteiger partial charge in [-0.3, -0.25) is 4.79 Å². The van der Waals surface area contributed by atoms with E-state index in [1.54, 1.807) is 0 Å². The third kappa shape index (κ3) is 2.17. The molecule has 4 nitrogen and oxygen atoms in total. The van der Waals surface area contributed by atoms with Gasteiger partial charge in [-0.25, -0.2) is 0 Å². The van der Waals surface area contributed by atoms with E-state index in [0.29, 0.717) is 6.54 Å². The number of hydrogen-bond acceptors (Lipinski definition) is 3. The molecule has 1 heterocycles. The van der Waals surface area contributed by atoms with Crippen LogP contribution in [0.2, 0.25) is 0 Å². The van der Waals surface area contributed by atoms with Gasteiger partial charge in [-0.05, 0) is 19.4 Å². The Morgan fingerprint density at radius 1 is 1.73 bits per heavy atom. The first kappa shape index (κ1) is 8.49. The third-order valence-corrected chi connectivity index (χ3v) is 2.07.